The highest BCUT2D eigenvalue weighted by atomic mass is 32.2. The lowest BCUT2D eigenvalue weighted by molar-refractivity contribution is 0.0940. The molecule has 0 bridgehead atoms. The van der Waals surface area contributed by atoms with Crippen molar-refractivity contribution in [2.45, 2.75) is 24.7 Å². The van der Waals surface area contributed by atoms with Crippen LogP contribution in [-0.2, 0) is 10.0 Å². The van der Waals surface area contributed by atoms with Gasteiger partial charge in [0.25, 0.3) is 5.91 Å². The zero-order chi connectivity index (χ0) is 17.3. The molecule has 5 nitrogen and oxygen atoms in total. The van der Waals surface area contributed by atoms with Gasteiger partial charge in [-0.25, -0.2) is 13.1 Å². The van der Waals surface area contributed by atoms with Crippen molar-refractivity contribution in [3.63, 3.8) is 0 Å². The Bertz CT molecular complexity index is 891. The van der Waals surface area contributed by atoms with Crippen LogP contribution in [0.5, 0.6) is 0 Å². The van der Waals surface area contributed by atoms with E-state index in [-0.39, 0.29) is 23.3 Å². The monoisotopic (exact) mass is 344 g/mol. The van der Waals surface area contributed by atoms with Crippen LogP contribution < -0.4 is 10.0 Å². The van der Waals surface area contributed by atoms with E-state index in [9.17, 15) is 13.2 Å². The quantitative estimate of drug-likeness (QED) is 0.892. The normalized spacial score (nSPS) is 17.2. The van der Waals surface area contributed by atoms with Gasteiger partial charge in [-0.1, -0.05) is 24.3 Å². The summed E-state index contributed by atoms with van der Waals surface area (Å²) in [6.07, 6.45) is 0. The molecule has 1 heterocycles. The molecule has 1 aliphatic heterocycles. The first-order valence-corrected chi connectivity index (χ1v) is 9.31. The lowest BCUT2D eigenvalue weighted by atomic mass is 9.91. The van der Waals surface area contributed by atoms with Crippen LogP contribution in [0.2, 0.25) is 0 Å². The lowest BCUT2D eigenvalue weighted by Gasteiger charge is -2.25. The van der Waals surface area contributed by atoms with E-state index < -0.39 is 10.0 Å². The van der Waals surface area contributed by atoms with E-state index in [1.807, 2.05) is 26.0 Å². The zero-order valence-electron chi connectivity index (χ0n) is 13.7. The van der Waals surface area contributed by atoms with Crippen LogP contribution in [0.15, 0.2) is 47.4 Å². The molecular formula is C18H20N2O3S. The van der Waals surface area contributed by atoms with Gasteiger partial charge < -0.3 is 5.32 Å². The molecule has 6 heteroatoms. The van der Waals surface area contributed by atoms with Gasteiger partial charge in [0.05, 0.1) is 4.90 Å². The maximum absolute atomic E-state index is 12.5. The van der Waals surface area contributed by atoms with Gasteiger partial charge in [0.2, 0.25) is 10.0 Å². The van der Waals surface area contributed by atoms with Crippen molar-refractivity contribution < 1.29 is 13.2 Å². The summed E-state index contributed by atoms with van der Waals surface area (Å²) in [4.78, 5) is 12.1. The molecule has 1 amide bonds. The molecule has 0 radical (unpaired) electrons. The molecule has 0 fully saturated rings. The van der Waals surface area contributed by atoms with E-state index in [0.29, 0.717) is 12.1 Å². The summed E-state index contributed by atoms with van der Waals surface area (Å²) in [6, 6.07) is 12.4. The van der Waals surface area contributed by atoms with Crippen LogP contribution in [0.25, 0.3) is 0 Å². The third-order valence-electron chi connectivity index (χ3n) is 4.46. The van der Waals surface area contributed by atoms with Gasteiger partial charge in [-0.05, 0) is 48.7 Å². The highest BCUT2D eigenvalue weighted by Gasteiger charge is 2.26. The van der Waals surface area contributed by atoms with Crippen LogP contribution >= 0.6 is 0 Å². The van der Waals surface area contributed by atoms with E-state index in [1.165, 1.54) is 0 Å². The second-order valence-corrected chi connectivity index (χ2v) is 7.86. The van der Waals surface area contributed by atoms with Crippen molar-refractivity contribution in [2.24, 2.45) is 0 Å². The third kappa shape index (κ3) is 3.20. The topological polar surface area (TPSA) is 75.3 Å². The van der Waals surface area contributed by atoms with Crippen molar-refractivity contribution in [1.29, 1.82) is 0 Å². The molecule has 0 saturated heterocycles. The molecule has 1 unspecified atom stereocenters. The number of sulfonamides is 1. The number of fused-ring (bicyclic) bond motifs is 1. The van der Waals surface area contributed by atoms with Gasteiger partial charge in [0, 0.05) is 24.6 Å². The van der Waals surface area contributed by atoms with Crippen LogP contribution in [0.4, 0.5) is 0 Å². The fourth-order valence-corrected chi connectivity index (χ4v) is 4.00. The van der Waals surface area contributed by atoms with Crippen molar-refractivity contribution in [1.82, 2.24) is 10.0 Å². The minimum absolute atomic E-state index is 0.0831. The molecule has 0 spiro atoms. The Hall–Kier alpha value is -2.18. The zero-order valence-corrected chi connectivity index (χ0v) is 14.5. The Morgan fingerprint density at radius 1 is 1.12 bits per heavy atom. The largest absolute Gasteiger partial charge is 0.351 e. The number of benzene rings is 2. The molecular weight excluding hydrogens is 324 g/mol. The van der Waals surface area contributed by atoms with Crippen LogP contribution in [0.3, 0.4) is 0 Å². The van der Waals surface area contributed by atoms with Gasteiger partial charge in [-0.3, -0.25) is 4.79 Å². The second kappa shape index (κ2) is 6.37. The Labute approximate surface area is 142 Å². The molecule has 1 aliphatic rings. The summed E-state index contributed by atoms with van der Waals surface area (Å²) >= 11 is 0. The van der Waals surface area contributed by atoms with Gasteiger partial charge >= 0.3 is 0 Å². The summed E-state index contributed by atoms with van der Waals surface area (Å²) in [6.45, 7) is 4.50. The molecule has 0 aromatic heterocycles. The Balaban J connectivity index is 1.79. The van der Waals surface area contributed by atoms with Crippen LogP contribution in [0, 0.1) is 13.8 Å². The summed E-state index contributed by atoms with van der Waals surface area (Å²) < 4.78 is 27.7. The number of nitrogens with one attached hydrogen (secondary N) is 2. The third-order valence-corrected chi connectivity index (χ3v) is 5.88. The molecule has 0 aliphatic carbocycles. The Morgan fingerprint density at radius 2 is 1.88 bits per heavy atom. The summed E-state index contributed by atoms with van der Waals surface area (Å²) in [5, 5.41) is 2.81. The minimum Gasteiger partial charge on any atom is -0.351 e. The maximum Gasteiger partial charge on any atom is 0.251 e. The fraction of sp³-hybridized carbons (Fsp3) is 0.278. The highest BCUT2D eigenvalue weighted by Crippen LogP contribution is 2.24. The summed E-state index contributed by atoms with van der Waals surface area (Å²) in [5.41, 5.74) is 3.48. The average Bonchev–Trinajstić information content (AvgIpc) is 2.57. The predicted molar refractivity (Wildman–Crippen MR) is 92.6 cm³/mol. The molecule has 126 valence electrons. The first kappa shape index (κ1) is 16.7. The summed E-state index contributed by atoms with van der Waals surface area (Å²) in [5.74, 6) is -0.195. The second-order valence-electron chi connectivity index (χ2n) is 6.09. The first-order valence-electron chi connectivity index (χ1n) is 7.82. The smallest absolute Gasteiger partial charge is 0.251 e. The predicted octanol–water partition coefficient (Wildman–Crippen LogP) is 2.11. The number of hydrogen-bond acceptors (Lipinski definition) is 3. The van der Waals surface area contributed by atoms with E-state index in [1.54, 1.807) is 30.3 Å². The number of carbonyl (C=O) groups excluding carboxylic acids is 1. The Kier molecular flexibility index (Phi) is 4.43. The maximum atomic E-state index is 12.5. The van der Waals surface area contributed by atoms with Crippen LogP contribution in [-0.4, -0.2) is 27.4 Å². The minimum atomic E-state index is -3.58. The number of amides is 1. The number of rotatable bonds is 4. The summed E-state index contributed by atoms with van der Waals surface area (Å²) in [7, 11) is -3.58. The lowest BCUT2D eigenvalue weighted by Crippen LogP contribution is -2.40. The Morgan fingerprint density at radius 3 is 2.62 bits per heavy atom. The molecule has 2 aromatic rings. The SMILES string of the molecule is Cc1ccc(S(=O)(=O)NCC2CNC(=O)c3ccccc32)cc1C. The van der Waals surface area contributed by atoms with Crippen molar-refractivity contribution >= 4 is 15.9 Å². The van der Waals surface area contributed by atoms with Crippen molar-refractivity contribution in [2.75, 3.05) is 13.1 Å². The van der Waals surface area contributed by atoms with Gasteiger partial charge in [0.1, 0.15) is 0 Å². The van der Waals surface area contributed by atoms with Gasteiger partial charge in [0.15, 0.2) is 0 Å². The first-order chi connectivity index (χ1) is 11.4. The van der Waals surface area contributed by atoms with Crippen molar-refractivity contribution in [3.05, 3.63) is 64.7 Å². The van der Waals surface area contributed by atoms with E-state index >= 15 is 0 Å². The van der Waals surface area contributed by atoms with E-state index in [0.717, 1.165) is 16.7 Å². The number of carbonyl (C=O) groups is 1. The van der Waals surface area contributed by atoms with Gasteiger partial charge in [-0.2, -0.15) is 0 Å². The van der Waals surface area contributed by atoms with E-state index in [2.05, 4.69) is 10.0 Å². The molecule has 1 atom stereocenters. The molecule has 2 aromatic carbocycles. The van der Waals surface area contributed by atoms with Gasteiger partial charge in [-0.15, -0.1) is 0 Å². The molecule has 3 rings (SSSR count). The van der Waals surface area contributed by atoms with Crippen LogP contribution in [0.1, 0.15) is 33.0 Å². The molecule has 0 saturated carbocycles. The fourth-order valence-electron chi connectivity index (χ4n) is 2.84. The molecule has 2 N–H and O–H groups in total. The molecule has 24 heavy (non-hydrogen) atoms. The number of hydrogen-bond donors (Lipinski definition) is 2. The highest BCUT2D eigenvalue weighted by molar-refractivity contribution is 7.89. The standard InChI is InChI=1S/C18H20N2O3S/c1-12-7-8-15(9-13(12)2)24(22,23)20-11-14-10-19-18(21)17-6-4-3-5-16(14)17/h3-9,14,20H,10-11H2,1-2H3,(H,19,21). The number of aryl methyl sites for hydroxylation is 2. The average molecular weight is 344 g/mol. The van der Waals surface area contributed by atoms with E-state index in [4.69, 9.17) is 0 Å². The van der Waals surface area contributed by atoms with Crippen molar-refractivity contribution in [3.8, 4) is 0 Å².